The molecule has 0 radical (unpaired) electrons. The number of amides is 1. The zero-order valence-corrected chi connectivity index (χ0v) is 10.3. The molecule has 1 fully saturated rings. The molecule has 1 saturated heterocycles. The summed E-state index contributed by atoms with van der Waals surface area (Å²) < 4.78 is 0. The summed E-state index contributed by atoms with van der Waals surface area (Å²) in [5, 5.41) is 8.51. The van der Waals surface area contributed by atoms with Crippen LogP contribution >= 0.6 is 0 Å². The minimum absolute atomic E-state index is 0.0669. The molecule has 0 atom stereocenters. The standard InChI is InChI=1S/C12H19N3O2/c1-2-14(7-3-6-13)10-12(17)15-8-4-11(16)5-9-15/h2-5,7-10H2,1H3. The van der Waals surface area contributed by atoms with Crippen molar-refractivity contribution in [3.63, 3.8) is 0 Å². The highest BCUT2D eigenvalue weighted by Gasteiger charge is 2.21. The van der Waals surface area contributed by atoms with Crippen LogP contribution in [0.2, 0.25) is 0 Å². The van der Waals surface area contributed by atoms with Crippen LogP contribution in [-0.4, -0.2) is 54.2 Å². The summed E-state index contributed by atoms with van der Waals surface area (Å²) >= 11 is 0. The van der Waals surface area contributed by atoms with E-state index in [1.165, 1.54) is 0 Å². The Morgan fingerprint density at radius 1 is 1.47 bits per heavy atom. The van der Waals surface area contributed by atoms with Crippen molar-refractivity contribution in [1.29, 1.82) is 5.26 Å². The van der Waals surface area contributed by atoms with Crippen LogP contribution < -0.4 is 0 Å². The first-order valence-electron chi connectivity index (χ1n) is 6.06. The van der Waals surface area contributed by atoms with Crippen molar-refractivity contribution in [3.05, 3.63) is 0 Å². The molecule has 0 saturated carbocycles. The van der Waals surface area contributed by atoms with Crippen molar-refractivity contribution >= 4 is 11.7 Å². The van der Waals surface area contributed by atoms with E-state index in [-0.39, 0.29) is 11.7 Å². The van der Waals surface area contributed by atoms with Crippen LogP contribution in [0.15, 0.2) is 0 Å². The van der Waals surface area contributed by atoms with E-state index in [4.69, 9.17) is 5.26 Å². The van der Waals surface area contributed by atoms with Crippen molar-refractivity contribution in [2.75, 3.05) is 32.7 Å². The molecule has 0 N–H and O–H groups in total. The number of rotatable bonds is 5. The van der Waals surface area contributed by atoms with Crippen LogP contribution in [-0.2, 0) is 9.59 Å². The number of hydrogen-bond acceptors (Lipinski definition) is 4. The smallest absolute Gasteiger partial charge is 0.236 e. The number of ketones is 1. The zero-order valence-electron chi connectivity index (χ0n) is 10.3. The molecule has 0 aromatic carbocycles. The first-order valence-corrected chi connectivity index (χ1v) is 6.06. The fourth-order valence-electron chi connectivity index (χ4n) is 1.85. The van der Waals surface area contributed by atoms with Gasteiger partial charge in [0.1, 0.15) is 5.78 Å². The van der Waals surface area contributed by atoms with Gasteiger partial charge in [-0.15, -0.1) is 0 Å². The Morgan fingerprint density at radius 3 is 2.65 bits per heavy atom. The van der Waals surface area contributed by atoms with Crippen molar-refractivity contribution in [3.8, 4) is 6.07 Å². The van der Waals surface area contributed by atoms with Crippen LogP contribution in [0.4, 0.5) is 0 Å². The average molecular weight is 237 g/mol. The van der Waals surface area contributed by atoms with Crippen molar-refractivity contribution < 1.29 is 9.59 Å². The Labute approximate surface area is 102 Å². The molecule has 0 aromatic rings. The molecule has 0 spiro atoms. The van der Waals surface area contributed by atoms with Gasteiger partial charge in [-0.25, -0.2) is 0 Å². The molecule has 5 nitrogen and oxygen atoms in total. The van der Waals surface area contributed by atoms with E-state index >= 15 is 0 Å². The van der Waals surface area contributed by atoms with E-state index in [9.17, 15) is 9.59 Å². The number of hydrogen-bond donors (Lipinski definition) is 0. The normalized spacial score (nSPS) is 16.1. The van der Waals surface area contributed by atoms with Gasteiger partial charge in [0.15, 0.2) is 0 Å². The van der Waals surface area contributed by atoms with Crippen LogP contribution in [0.3, 0.4) is 0 Å². The predicted octanol–water partition coefficient (Wildman–Crippen LogP) is 0.413. The quantitative estimate of drug-likeness (QED) is 0.695. The van der Waals surface area contributed by atoms with Gasteiger partial charge in [-0.2, -0.15) is 5.26 Å². The summed E-state index contributed by atoms with van der Waals surface area (Å²) in [6.45, 7) is 4.82. The SMILES string of the molecule is CCN(CCC#N)CC(=O)N1CCC(=O)CC1. The third-order valence-electron chi connectivity index (χ3n) is 3.02. The predicted molar refractivity (Wildman–Crippen MR) is 63.2 cm³/mol. The second-order valence-electron chi connectivity index (χ2n) is 4.20. The second-order valence-corrected chi connectivity index (χ2v) is 4.20. The number of nitrogens with zero attached hydrogens (tertiary/aromatic N) is 3. The summed E-state index contributed by atoms with van der Waals surface area (Å²) in [5.41, 5.74) is 0. The van der Waals surface area contributed by atoms with Gasteiger partial charge in [0.05, 0.1) is 12.6 Å². The monoisotopic (exact) mass is 237 g/mol. The molecule has 17 heavy (non-hydrogen) atoms. The summed E-state index contributed by atoms with van der Waals surface area (Å²) in [7, 11) is 0. The molecule has 1 rings (SSSR count). The molecule has 0 bridgehead atoms. The zero-order chi connectivity index (χ0) is 12.7. The Bertz CT molecular complexity index is 312. The number of likely N-dealkylation sites (tertiary alicyclic amines) is 1. The van der Waals surface area contributed by atoms with E-state index in [1.807, 2.05) is 11.8 Å². The number of Topliss-reactive ketones (excluding diaryl/α,β-unsaturated/α-hetero) is 1. The largest absolute Gasteiger partial charge is 0.341 e. The molecule has 0 aliphatic carbocycles. The Balaban J connectivity index is 2.36. The molecule has 1 aliphatic rings. The number of piperidine rings is 1. The summed E-state index contributed by atoms with van der Waals surface area (Å²) in [6.07, 6.45) is 1.41. The average Bonchev–Trinajstić information content (AvgIpc) is 2.35. The Morgan fingerprint density at radius 2 is 2.12 bits per heavy atom. The summed E-state index contributed by atoms with van der Waals surface area (Å²) in [4.78, 5) is 26.7. The van der Waals surface area contributed by atoms with Gasteiger partial charge in [0.25, 0.3) is 0 Å². The maximum atomic E-state index is 11.9. The van der Waals surface area contributed by atoms with Crippen LogP contribution in [0.5, 0.6) is 0 Å². The van der Waals surface area contributed by atoms with Gasteiger partial charge in [0.2, 0.25) is 5.91 Å². The highest BCUT2D eigenvalue weighted by Crippen LogP contribution is 2.06. The number of likely N-dealkylation sites (N-methyl/N-ethyl adjacent to an activating group) is 1. The van der Waals surface area contributed by atoms with E-state index in [0.717, 1.165) is 6.54 Å². The minimum Gasteiger partial charge on any atom is -0.341 e. The number of nitriles is 1. The van der Waals surface area contributed by atoms with E-state index in [2.05, 4.69) is 6.07 Å². The number of carbonyl (C=O) groups excluding carboxylic acids is 2. The Kier molecular flexibility index (Phi) is 5.64. The molecule has 1 amide bonds. The molecular formula is C12H19N3O2. The maximum absolute atomic E-state index is 11.9. The molecule has 1 aliphatic heterocycles. The van der Waals surface area contributed by atoms with Gasteiger partial charge in [0, 0.05) is 38.9 Å². The highest BCUT2D eigenvalue weighted by molar-refractivity contribution is 5.84. The fraction of sp³-hybridized carbons (Fsp3) is 0.750. The second kappa shape index (κ2) is 7.02. The van der Waals surface area contributed by atoms with Crippen molar-refractivity contribution in [1.82, 2.24) is 9.80 Å². The van der Waals surface area contributed by atoms with E-state index in [0.29, 0.717) is 45.4 Å². The molecule has 0 aromatic heterocycles. The fourth-order valence-corrected chi connectivity index (χ4v) is 1.85. The molecule has 1 heterocycles. The van der Waals surface area contributed by atoms with Gasteiger partial charge >= 0.3 is 0 Å². The third kappa shape index (κ3) is 4.53. The Hall–Kier alpha value is -1.41. The lowest BCUT2D eigenvalue weighted by atomic mass is 10.1. The van der Waals surface area contributed by atoms with Crippen LogP contribution in [0, 0.1) is 11.3 Å². The molecule has 94 valence electrons. The van der Waals surface area contributed by atoms with Gasteiger partial charge in [-0.3, -0.25) is 14.5 Å². The lowest BCUT2D eigenvalue weighted by Gasteiger charge is -2.28. The molecule has 5 heteroatoms. The van der Waals surface area contributed by atoms with Gasteiger partial charge in [-0.05, 0) is 6.54 Å². The van der Waals surface area contributed by atoms with E-state index < -0.39 is 0 Å². The minimum atomic E-state index is 0.0669. The lowest BCUT2D eigenvalue weighted by molar-refractivity contribution is -0.135. The van der Waals surface area contributed by atoms with Gasteiger partial charge in [-0.1, -0.05) is 6.92 Å². The first-order chi connectivity index (χ1) is 8.17. The van der Waals surface area contributed by atoms with Gasteiger partial charge < -0.3 is 4.90 Å². The topological polar surface area (TPSA) is 64.4 Å². The molecule has 0 unspecified atom stereocenters. The first kappa shape index (κ1) is 13.7. The summed E-state index contributed by atoms with van der Waals surface area (Å²) in [6, 6.07) is 2.08. The highest BCUT2D eigenvalue weighted by atomic mass is 16.2. The van der Waals surface area contributed by atoms with Crippen LogP contribution in [0.1, 0.15) is 26.2 Å². The van der Waals surface area contributed by atoms with Crippen LogP contribution in [0.25, 0.3) is 0 Å². The maximum Gasteiger partial charge on any atom is 0.236 e. The number of carbonyl (C=O) groups is 2. The van der Waals surface area contributed by atoms with Crippen molar-refractivity contribution in [2.45, 2.75) is 26.2 Å². The molecular weight excluding hydrogens is 218 g/mol. The lowest BCUT2D eigenvalue weighted by Crippen LogP contribution is -2.44. The van der Waals surface area contributed by atoms with Crippen molar-refractivity contribution in [2.24, 2.45) is 0 Å². The third-order valence-corrected chi connectivity index (χ3v) is 3.02. The summed E-state index contributed by atoms with van der Waals surface area (Å²) in [5.74, 6) is 0.308. The van der Waals surface area contributed by atoms with E-state index in [1.54, 1.807) is 4.90 Å².